The van der Waals surface area contributed by atoms with Gasteiger partial charge in [0.25, 0.3) is 5.91 Å². The van der Waals surface area contributed by atoms with Gasteiger partial charge in [0.05, 0.1) is 24.4 Å². The molecule has 0 fully saturated rings. The van der Waals surface area contributed by atoms with Crippen molar-refractivity contribution >= 4 is 11.9 Å². The number of ether oxygens (including phenoxy) is 1. The summed E-state index contributed by atoms with van der Waals surface area (Å²) in [6, 6.07) is 16.2. The standard InChI is InChI=1S/C23H19N3O4/c1-14-21(27)20(23(29)30-2)19(12-25-14)13-26-22(28)18-9-7-17(8-10-18)16-5-3-15(11-24)4-6-16/h3-10,12,27H,13H2,1-2H3,(H,26,28). The van der Waals surface area contributed by atoms with Gasteiger partial charge in [-0.25, -0.2) is 4.79 Å². The van der Waals surface area contributed by atoms with Gasteiger partial charge in [0, 0.05) is 23.9 Å². The summed E-state index contributed by atoms with van der Waals surface area (Å²) in [5.41, 5.74) is 3.51. The molecule has 0 radical (unpaired) electrons. The molecule has 2 N–H and O–H groups in total. The third kappa shape index (κ3) is 4.28. The molecule has 0 unspecified atom stereocenters. The zero-order valence-electron chi connectivity index (χ0n) is 16.5. The lowest BCUT2D eigenvalue weighted by Gasteiger charge is -2.12. The highest BCUT2D eigenvalue weighted by molar-refractivity contribution is 5.96. The number of benzene rings is 2. The topological polar surface area (TPSA) is 112 Å². The Hall–Kier alpha value is -4.18. The van der Waals surface area contributed by atoms with E-state index in [9.17, 15) is 14.7 Å². The van der Waals surface area contributed by atoms with Gasteiger partial charge < -0.3 is 15.2 Å². The molecule has 2 aromatic carbocycles. The normalized spacial score (nSPS) is 10.2. The fraction of sp³-hybridized carbons (Fsp3) is 0.130. The van der Waals surface area contributed by atoms with Crippen molar-refractivity contribution < 1.29 is 19.4 Å². The van der Waals surface area contributed by atoms with E-state index in [-0.39, 0.29) is 23.8 Å². The van der Waals surface area contributed by atoms with Crippen LogP contribution in [0.2, 0.25) is 0 Å². The zero-order chi connectivity index (χ0) is 21.7. The Balaban J connectivity index is 1.73. The Kier molecular flexibility index (Phi) is 6.08. The first-order chi connectivity index (χ1) is 14.4. The maximum absolute atomic E-state index is 12.5. The van der Waals surface area contributed by atoms with Gasteiger partial charge in [-0.1, -0.05) is 24.3 Å². The third-order valence-corrected chi connectivity index (χ3v) is 4.64. The minimum atomic E-state index is -0.700. The van der Waals surface area contributed by atoms with Crippen molar-refractivity contribution in [3.8, 4) is 22.9 Å². The number of rotatable bonds is 5. The number of hydrogen-bond donors (Lipinski definition) is 2. The van der Waals surface area contributed by atoms with E-state index >= 15 is 0 Å². The van der Waals surface area contributed by atoms with Gasteiger partial charge in [0.15, 0.2) is 5.75 Å². The largest absolute Gasteiger partial charge is 0.505 e. The number of nitrogens with zero attached hydrogens (tertiary/aromatic N) is 2. The van der Waals surface area contributed by atoms with E-state index in [4.69, 9.17) is 10.00 Å². The number of amides is 1. The molecule has 30 heavy (non-hydrogen) atoms. The summed E-state index contributed by atoms with van der Waals surface area (Å²) < 4.78 is 4.72. The van der Waals surface area contributed by atoms with Crippen molar-refractivity contribution in [2.24, 2.45) is 0 Å². The first kappa shape index (κ1) is 20.6. The van der Waals surface area contributed by atoms with Crippen molar-refractivity contribution in [3.63, 3.8) is 0 Å². The van der Waals surface area contributed by atoms with Crippen molar-refractivity contribution in [2.75, 3.05) is 7.11 Å². The highest BCUT2D eigenvalue weighted by atomic mass is 16.5. The molecule has 1 aromatic heterocycles. The van der Waals surface area contributed by atoms with Crippen LogP contribution in [0.1, 0.15) is 37.5 Å². The Bertz CT molecular complexity index is 1130. The summed E-state index contributed by atoms with van der Waals surface area (Å²) in [6.07, 6.45) is 1.43. The Morgan fingerprint density at radius 1 is 1.10 bits per heavy atom. The van der Waals surface area contributed by atoms with Crippen LogP contribution in [0.5, 0.6) is 5.75 Å². The van der Waals surface area contributed by atoms with Gasteiger partial charge in [-0.05, 0) is 42.3 Å². The van der Waals surface area contributed by atoms with E-state index in [1.54, 1.807) is 31.2 Å². The first-order valence-electron chi connectivity index (χ1n) is 9.09. The van der Waals surface area contributed by atoms with Crippen LogP contribution >= 0.6 is 0 Å². The van der Waals surface area contributed by atoms with E-state index in [0.717, 1.165) is 11.1 Å². The van der Waals surface area contributed by atoms with Crippen LogP contribution in [-0.2, 0) is 11.3 Å². The maximum Gasteiger partial charge on any atom is 0.342 e. The predicted molar refractivity (Wildman–Crippen MR) is 110 cm³/mol. The molecule has 150 valence electrons. The number of methoxy groups -OCH3 is 1. The monoisotopic (exact) mass is 401 g/mol. The molecule has 1 amide bonds. The van der Waals surface area contributed by atoms with Gasteiger partial charge >= 0.3 is 5.97 Å². The molecule has 3 rings (SSSR count). The molecule has 0 saturated carbocycles. The number of nitrogens with one attached hydrogen (secondary N) is 1. The fourth-order valence-electron chi connectivity index (χ4n) is 2.93. The lowest BCUT2D eigenvalue weighted by atomic mass is 10.0. The van der Waals surface area contributed by atoms with Crippen LogP contribution in [0.15, 0.2) is 54.7 Å². The average Bonchev–Trinajstić information content (AvgIpc) is 2.79. The smallest absolute Gasteiger partial charge is 0.342 e. The van der Waals surface area contributed by atoms with E-state index in [0.29, 0.717) is 22.4 Å². The van der Waals surface area contributed by atoms with Gasteiger partial charge in [0.2, 0.25) is 0 Å². The molecule has 0 atom stereocenters. The van der Waals surface area contributed by atoms with E-state index < -0.39 is 5.97 Å². The summed E-state index contributed by atoms with van der Waals surface area (Å²) in [6.45, 7) is 1.57. The van der Waals surface area contributed by atoms with E-state index in [1.807, 2.05) is 24.3 Å². The summed E-state index contributed by atoms with van der Waals surface area (Å²) in [5, 5.41) is 21.7. The number of aromatic nitrogens is 1. The Labute approximate surface area is 173 Å². The lowest BCUT2D eigenvalue weighted by Crippen LogP contribution is -2.24. The number of pyridine rings is 1. The van der Waals surface area contributed by atoms with Crippen LogP contribution < -0.4 is 5.32 Å². The quantitative estimate of drug-likeness (QED) is 0.634. The number of nitriles is 1. The molecule has 0 bridgehead atoms. The number of hydrogen-bond acceptors (Lipinski definition) is 6. The average molecular weight is 401 g/mol. The lowest BCUT2D eigenvalue weighted by molar-refractivity contribution is 0.0594. The highest BCUT2D eigenvalue weighted by Crippen LogP contribution is 2.25. The van der Waals surface area contributed by atoms with Crippen LogP contribution in [0.3, 0.4) is 0 Å². The maximum atomic E-state index is 12.5. The van der Waals surface area contributed by atoms with E-state index in [1.165, 1.54) is 13.3 Å². The van der Waals surface area contributed by atoms with Gasteiger partial charge in [0.1, 0.15) is 5.56 Å². The number of esters is 1. The zero-order valence-corrected chi connectivity index (χ0v) is 16.5. The minimum Gasteiger partial charge on any atom is -0.505 e. The third-order valence-electron chi connectivity index (χ3n) is 4.64. The molecular formula is C23H19N3O4. The number of carbonyl (C=O) groups excluding carboxylic acids is 2. The molecule has 0 saturated heterocycles. The van der Waals surface area contributed by atoms with Gasteiger partial charge in [-0.2, -0.15) is 5.26 Å². The second-order valence-corrected chi connectivity index (χ2v) is 6.53. The van der Waals surface area contributed by atoms with Crippen molar-refractivity contribution in [1.82, 2.24) is 10.3 Å². The van der Waals surface area contributed by atoms with Crippen molar-refractivity contribution in [3.05, 3.63) is 82.7 Å². The van der Waals surface area contributed by atoms with Crippen molar-refractivity contribution in [1.29, 1.82) is 5.26 Å². The second-order valence-electron chi connectivity index (χ2n) is 6.53. The summed E-state index contributed by atoms with van der Waals surface area (Å²) >= 11 is 0. The molecular weight excluding hydrogens is 382 g/mol. The molecule has 0 aliphatic heterocycles. The summed E-state index contributed by atoms with van der Waals surface area (Å²) in [5.74, 6) is -1.30. The van der Waals surface area contributed by atoms with Gasteiger partial charge in [-0.15, -0.1) is 0 Å². The Morgan fingerprint density at radius 2 is 1.70 bits per heavy atom. The summed E-state index contributed by atoms with van der Waals surface area (Å²) in [7, 11) is 1.22. The number of aromatic hydroxyl groups is 1. The Morgan fingerprint density at radius 3 is 2.27 bits per heavy atom. The molecule has 7 heteroatoms. The predicted octanol–water partition coefficient (Wildman–Crippen LogP) is 3.35. The van der Waals surface area contributed by atoms with Gasteiger partial charge in [-0.3, -0.25) is 9.78 Å². The van der Waals surface area contributed by atoms with Crippen molar-refractivity contribution in [2.45, 2.75) is 13.5 Å². The fourth-order valence-corrected chi connectivity index (χ4v) is 2.93. The van der Waals surface area contributed by atoms with Crippen LogP contribution in [0.4, 0.5) is 0 Å². The molecule has 0 aliphatic carbocycles. The number of aryl methyl sites for hydroxylation is 1. The van der Waals surface area contributed by atoms with Crippen LogP contribution in [-0.4, -0.2) is 29.1 Å². The van der Waals surface area contributed by atoms with Crippen LogP contribution in [0, 0.1) is 18.3 Å². The molecule has 7 nitrogen and oxygen atoms in total. The first-order valence-corrected chi connectivity index (χ1v) is 9.09. The molecule has 0 aliphatic rings. The summed E-state index contributed by atoms with van der Waals surface area (Å²) in [4.78, 5) is 28.5. The molecule has 3 aromatic rings. The van der Waals surface area contributed by atoms with Crippen LogP contribution in [0.25, 0.3) is 11.1 Å². The minimum absolute atomic E-state index is 0.00147. The molecule has 1 heterocycles. The SMILES string of the molecule is COC(=O)c1c(CNC(=O)c2ccc(-c3ccc(C#N)cc3)cc2)cnc(C)c1O. The highest BCUT2D eigenvalue weighted by Gasteiger charge is 2.20. The molecule has 0 spiro atoms. The number of carbonyl (C=O) groups is 2. The van der Waals surface area contributed by atoms with E-state index in [2.05, 4.69) is 16.4 Å². The second kappa shape index (κ2) is 8.88.